The van der Waals surface area contributed by atoms with Gasteiger partial charge in [0, 0.05) is 34.6 Å². The highest BCUT2D eigenvalue weighted by Gasteiger charge is 2.27. The molecule has 114 valence electrons. The van der Waals surface area contributed by atoms with Crippen LogP contribution in [-0.4, -0.2) is 40.7 Å². The van der Waals surface area contributed by atoms with Crippen molar-refractivity contribution in [1.82, 2.24) is 4.90 Å². The molecule has 1 aromatic rings. The van der Waals surface area contributed by atoms with Crippen molar-refractivity contribution >= 4 is 39.6 Å². The smallest absolute Gasteiger partial charge is 0.308 e. The molecule has 1 N–H and O–H groups in total. The second-order valence-electron chi connectivity index (χ2n) is 5.07. The van der Waals surface area contributed by atoms with Crippen LogP contribution in [0.4, 0.5) is 0 Å². The number of benzene rings is 1. The molecular formula is C15H18BrNO3S. The molecule has 21 heavy (non-hydrogen) atoms. The number of likely N-dealkylation sites (tertiary alicyclic amines) is 1. The van der Waals surface area contributed by atoms with Crippen molar-refractivity contribution in [2.24, 2.45) is 5.92 Å². The predicted molar refractivity (Wildman–Crippen MR) is 86.4 cm³/mol. The second-order valence-corrected chi connectivity index (χ2v) is 7.15. The molecule has 6 heteroatoms. The molecule has 1 saturated heterocycles. The van der Waals surface area contributed by atoms with Gasteiger partial charge in [-0.15, -0.1) is 11.8 Å². The minimum atomic E-state index is -0.795. The van der Waals surface area contributed by atoms with Crippen molar-refractivity contribution < 1.29 is 14.7 Å². The van der Waals surface area contributed by atoms with Crippen LogP contribution in [0.5, 0.6) is 0 Å². The Bertz CT molecular complexity index is 506. The van der Waals surface area contributed by atoms with Crippen molar-refractivity contribution in [2.75, 3.05) is 18.8 Å². The Morgan fingerprint density at radius 1 is 1.33 bits per heavy atom. The van der Waals surface area contributed by atoms with E-state index in [0.717, 1.165) is 15.8 Å². The molecule has 1 fully saturated rings. The van der Waals surface area contributed by atoms with E-state index in [1.807, 2.05) is 24.3 Å². The molecular weight excluding hydrogens is 354 g/mol. The Kier molecular flexibility index (Phi) is 6.11. The van der Waals surface area contributed by atoms with Gasteiger partial charge in [0.1, 0.15) is 0 Å². The molecule has 2 rings (SSSR count). The number of thioether (sulfide) groups is 1. The largest absolute Gasteiger partial charge is 0.481 e. The quantitative estimate of drug-likeness (QED) is 0.807. The number of carboxylic acids is 1. The molecule has 1 unspecified atom stereocenters. The van der Waals surface area contributed by atoms with E-state index < -0.39 is 11.9 Å². The molecule has 0 aromatic heterocycles. The summed E-state index contributed by atoms with van der Waals surface area (Å²) in [6, 6.07) is 7.99. The summed E-state index contributed by atoms with van der Waals surface area (Å²) in [5, 5.41) is 9.04. The summed E-state index contributed by atoms with van der Waals surface area (Å²) in [5.74, 6) is -0.418. The highest BCUT2D eigenvalue weighted by atomic mass is 79.9. The van der Waals surface area contributed by atoms with Gasteiger partial charge < -0.3 is 10.0 Å². The third-order valence-corrected chi connectivity index (χ3v) is 5.06. The number of carbonyl (C=O) groups is 2. The van der Waals surface area contributed by atoms with Crippen LogP contribution in [0.2, 0.25) is 0 Å². The highest BCUT2D eigenvalue weighted by Crippen LogP contribution is 2.22. The number of carboxylic acid groups (broad SMARTS) is 1. The van der Waals surface area contributed by atoms with Gasteiger partial charge in [-0.3, -0.25) is 9.59 Å². The number of halogens is 1. The number of hydrogen-bond donors (Lipinski definition) is 1. The van der Waals surface area contributed by atoms with Crippen LogP contribution in [0.1, 0.15) is 19.3 Å². The van der Waals surface area contributed by atoms with E-state index in [9.17, 15) is 9.59 Å². The predicted octanol–water partition coefficient (Wildman–Crippen LogP) is 3.25. The first-order valence-electron chi connectivity index (χ1n) is 6.95. The van der Waals surface area contributed by atoms with Crippen LogP contribution in [0, 0.1) is 5.92 Å². The van der Waals surface area contributed by atoms with Gasteiger partial charge >= 0.3 is 5.97 Å². The normalized spacial score (nSPS) is 18.5. The van der Waals surface area contributed by atoms with Crippen LogP contribution in [-0.2, 0) is 9.59 Å². The molecule has 4 nitrogen and oxygen atoms in total. The summed E-state index contributed by atoms with van der Waals surface area (Å²) < 4.78 is 1.04. The summed E-state index contributed by atoms with van der Waals surface area (Å²) in [7, 11) is 0. The standard InChI is InChI=1S/C15H18BrNO3S/c16-12-3-5-13(6-4-12)21-9-7-14(18)17-8-1-2-11(10-17)15(19)20/h3-6,11H,1-2,7-10H2,(H,19,20). The van der Waals surface area contributed by atoms with Crippen molar-refractivity contribution in [3.05, 3.63) is 28.7 Å². The fourth-order valence-electron chi connectivity index (χ4n) is 2.35. The zero-order valence-electron chi connectivity index (χ0n) is 11.6. The topological polar surface area (TPSA) is 57.6 Å². The van der Waals surface area contributed by atoms with Crippen LogP contribution < -0.4 is 0 Å². The first-order chi connectivity index (χ1) is 10.1. The molecule has 1 aliphatic heterocycles. The summed E-state index contributed by atoms with van der Waals surface area (Å²) in [4.78, 5) is 26.0. The van der Waals surface area contributed by atoms with Gasteiger partial charge in [0.2, 0.25) is 5.91 Å². The number of hydrogen-bond acceptors (Lipinski definition) is 3. The van der Waals surface area contributed by atoms with Crippen molar-refractivity contribution in [3.63, 3.8) is 0 Å². The van der Waals surface area contributed by atoms with Gasteiger partial charge in [-0.2, -0.15) is 0 Å². The Labute approximate surface area is 137 Å². The van der Waals surface area contributed by atoms with Gasteiger partial charge in [0.25, 0.3) is 0 Å². The third-order valence-electron chi connectivity index (χ3n) is 3.52. The summed E-state index contributed by atoms with van der Waals surface area (Å²) in [5.41, 5.74) is 0. The number of piperidine rings is 1. The molecule has 1 atom stereocenters. The van der Waals surface area contributed by atoms with Crippen LogP contribution >= 0.6 is 27.7 Å². The zero-order chi connectivity index (χ0) is 15.2. The van der Waals surface area contributed by atoms with Gasteiger partial charge in [-0.05, 0) is 37.1 Å². The van der Waals surface area contributed by atoms with Crippen LogP contribution in [0.25, 0.3) is 0 Å². The molecule has 1 aromatic carbocycles. The SMILES string of the molecule is O=C(O)C1CCCN(C(=O)CCSc2ccc(Br)cc2)C1. The molecule has 0 radical (unpaired) electrons. The number of carbonyl (C=O) groups excluding carboxylic acids is 1. The van der Waals surface area contributed by atoms with Gasteiger partial charge in [0.05, 0.1) is 5.92 Å². The first kappa shape index (κ1) is 16.4. The van der Waals surface area contributed by atoms with E-state index >= 15 is 0 Å². The molecule has 1 heterocycles. The molecule has 0 spiro atoms. The lowest BCUT2D eigenvalue weighted by Gasteiger charge is -2.30. The maximum atomic E-state index is 12.1. The van der Waals surface area contributed by atoms with Crippen molar-refractivity contribution in [2.45, 2.75) is 24.2 Å². The fourth-order valence-corrected chi connectivity index (χ4v) is 3.46. The Hall–Kier alpha value is -1.01. The van der Waals surface area contributed by atoms with Crippen LogP contribution in [0.15, 0.2) is 33.6 Å². The van der Waals surface area contributed by atoms with E-state index in [1.165, 1.54) is 0 Å². The lowest BCUT2D eigenvalue weighted by atomic mass is 9.98. The van der Waals surface area contributed by atoms with E-state index in [4.69, 9.17) is 5.11 Å². The number of amides is 1. The van der Waals surface area contributed by atoms with E-state index in [2.05, 4.69) is 15.9 Å². The Morgan fingerprint density at radius 3 is 2.71 bits per heavy atom. The van der Waals surface area contributed by atoms with E-state index in [1.54, 1.807) is 16.7 Å². The molecule has 1 amide bonds. The van der Waals surface area contributed by atoms with Crippen molar-refractivity contribution in [3.8, 4) is 0 Å². The average molecular weight is 372 g/mol. The van der Waals surface area contributed by atoms with Gasteiger partial charge in [-0.25, -0.2) is 0 Å². The van der Waals surface area contributed by atoms with Crippen LogP contribution in [0.3, 0.4) is 0 Å². The minimum Gasteiger partial charge on any atom is -0.481 e. The zero-order valence-corrected chi connectivity index (χ0v) is 14.0. The fraction of sp³-hybridized carbons (Fsp3) is 0.467. The number of nitrogens with zero attached hydrogens (tertiary/aromatic N) is 1. The number of rotatable bonds is 5. The maximum Gasteiger partial charge on any atom is 0.308 e. The maximum absolute atomic E-state index is 12.1. The van der Waals surface area contributed by atoms with Crippen molar-refractivity contribution in [1.29, 1.82) is 0 Å². The molecule has 0 bridgehead atoms. The molecule has 1 aliphatic rings. The second kappa shape index (κ2) is 7.84. The lowest BCUT2D eigenvalue weighted by molar-refractivity contribution is -0.145. The molecule has 0 saturated carbocycles. The number of aliphatic carboxylic acids is 1. The van der Waals surface area contributed by atoms with E-state index in [0.29, 0.717) is 31.7 Å². The Morgan fingerprint density at radius 2 is 2.05 bits per heavy atom. The van der Waals surface area contributed by atoms with Gasteiger partial charge in [-0.1, -0.05) is 15.9 Å². The summed E-state index contributed by atoms with van der Waals surface area (Å²) in [6.45, 7) is 1.04. The summed E-state index contributed by atoms with van der Waals surface area (Å²) in [6.07, 6.45) is 1.91. The monoisotopic (exact) mass is 371 g/mol. The third kappa shape index (κ3) is 5.04. The van der Waals surface area contributed by atoms with Gasteiger partial charge in [0.15, 0.2) is 0 Å². The molecule has 0 aliphatic carbocycles. The Balaban J connectivity index is 1.76. The summed E-state index contributed by atoms with van der Waals surface area (Å²) >= 11 is 5.03. The van der Waals surface area contributed by atoms with E-state index in [-0.39, 0.29) is 5.91 Å². The lowest BCUT2D eigenvalue weighted by Crippen LogP contribution is -2.42. The minimum absolute atomic E-state index is 0.0607. The first-order valence-corrected chi connectivity index (χ1v) is 8.73. The highest BCUT2D eigenvalue weighted by molar-refractivity contribution is 9.10. The average Bonchev–Trinajstić information content (AvgIpc) is 2.49.